The van der Waals surface area contributed by atoms with Crippen LogP contribution < -0.4 is 5.32 Å². The van der Waals surface area contributed by atoms with Crippen molar-refractivity contribution in [3.8, 4) is 0 Å². The van der Waals surface area contributed by atoms with Crippen molar-refractivity contribution in [1.82, 2.24) is 14.5 Å². The van der Waals surface area contributed by atoms with Gasteiger partial charge in [0.1, 0.15) is 10.7 Å². The van der Waals surface area contributed by atoms with Crippen LogP contribution in [0.5, 0.6) is 0 Å². The maximum absolute atomic E-state index is 14.1. The summed E-state index contributed by atoms with van der Waals surface area (Å²) in [6, 6.07) is 4.99. The van der Waals surface area contributed by atoms with E-state index in [1.165, 1.54) is 22.5 Å². The Morgan fingerprint density at radius 2 is 1.89 bits per heavy atom. The molecular formula is C18H26FN3O5S. The van der Waals surface area contributed by atoms with Gasteiger partial charge in [-0.1, -0.05) is 12.1 Å². The fourth-order valence-corrected chi connectivity index (χ4v) is 4.87. The number of halogens is 1. The molecule has 1 unspecified atom stereocenters. The van der Waals surface area contributed by atoms with Crippen LogP contribution in [0.3, 0.4) is 0 Å². The third-order valence-electron chi connectivity index (χ3n) is 4.65. The van der Waals surface area contributed by atoms with Gasteiger partial charge in [-0.25, -0.2) is 17.6 Å². The summed E-state index contributed by atoms with van der Waals surface area (Å²) in [6.07, 6.45) is 0.608. The zero-order chi connectivity index (χ0) is 20.4. The molecule has 1 atom stereocenters. The van der Waals surface area contributed by atoms with Crippen LogP contribution in [-0.2, 0) is 19.5 Å². The molecule has 2 fully saturated rings. The number of benzene rings is 1. The van der Waals surface area contributed by atoms with Gasteiger partial charge in [0, 0.05) is 19.1 Å². The summed E-state index contributed by atoms with van der Waals surface area (Å²) < 4.78 is 52.9. The highest BCUT2D eigenvalue weighted by atomic mass is 32.2. The number of hydrogen-bond donors (Lipinski definition) is 1. The number of nitrogens with one attached hydrogen (secondary N) is 1. The van der Waals surface area contributed by atoms with Crippen molar-refractivity contribution in [2.75, 3.05) is 39.4 Å². The molecule has 28 heavy (non-hydrogen) atoms. The summed E-state index contributed by atoms with van der Waals surface area (Å²) >= 11 is 0. The van der Waals surface area contributed by atoms with E-state index in [-0.39, 0.29) is 43.2 Å². The van der Waals surface area contributed by atoms with Gasteiger partial charge in [0.2, 0.25) is 10.0 Å². The minimum absolute atomic E-state index is 0.0298. The molecule has 1 N–H and O–H groups in total. The summed E-state index contributed by atoms with van der Waals surface area (Å²) in [5.74, 6) is -2.08. The van der Waals surface area contributed by atoms with Crippen LogP contribution in [0.15, 0.2) is 29.2 Å². The molecule has 0 saturated carbocycles. The van der Waals surface area contributed by atoms with Crippen molar-refractivity contribution in [3.05, 3.63) is 30.1 Å². The van der Waals surface area contributed by atoms with Crippen molar-refractivity contribution in [2.45, 2.75) is 37.0 Å². The van der Waals surface area contributed by atoms with E-state index in [9.17, 15) is 17.6 Å². The van der Waals surface area contributed by atoms with Crippen molar-refractivity contribution < 1.29 is 27.1 Å². The van der Waals surface area contributed by atoms with E-state index in [0.717, 1.165) is 6.07 Å². The van der Waals surface area contributed by atoms with Gasteiger partial charge < -0.3 is 19.7 Å². The molecule has 2 amide bonds. The third kappa shape index (κ3) is 4.45. The second kappa shape index (κ2) is 8.32. The first-order valence-corrected chi connectivity index (χ1v) is 10.8. The third-order valence-corrected chi connectivity index (χ3v) is 6.52. The summed E-state index contributed by atoms with van der Waals surface area (Å²) in [5, 5.41) is 2.83. The lowest BCUT2D eigenvalue weighted by molar-refractivity contribution is -0.255. The smallest absolute Gasteiger partial charge is 0.317 e. The number of rotatable bonds is 3. The molecule has 10 heteroatoms. The molecule has 1 aromatic carbocycles. The van der Waals surface area contributed by atoms with E-state index in [1.54, 1.807) is 4.90 Å². The summed E-state index contributed by atoms with van der Waals surface area (Å²) in [5.41, 5.74) is 0. The first kappa shape index (κ1) is 21.0. The number of sulfonamides is 1. The van der Waals surface area contributed by atoms with E-state index in [4.69, 9.17) is 9.47 Å². The lowest BCUT2D eigenvalue weighted by Gasteiger charge is -2.42. The molecule has 0 radical (unpaired) electrons. The van der Waals surface area contributed by atoms with Gasteiger partial charge in [-0.15, -0.1) is 0 Å². The Labute approximate surface area is 164 Å². The van der Waals surface area contributed by atoms with Crippen LogP contribution in [0.2, 0.25) is 0 Å². The maximum atomic E-state index is 14.1. The molecule has 156 valence electrons. The molecule has 1 spiro atoms. The predicted octanol–water partition coefficient (Wildman–Crippen LogP) is 1.38. The minimum atomic E-state index is -4.06. The second-order valence-electron chi connectivity index (χ2n) is 7.26. The number of carbonyl (C=O) groups excluding carboxylic acids is 1. The van der Waals surface area contributed by atoms with Gasteiger partial charge in [-0.05, 0) is 32.4 Å². The molecule has 2 aliphatic heterocycles. The van der Waals surface area contributed by atoms with Gasteiger partial charge in [0.15, 0.2) is 5.79 Å². The zero-order valence-corrected chi connectivity index (χ0v) is 16.9. The number of urea groups is 1. The van der Waals surface area contributed by atoms with Crippen molar-refractivity contribution in [3.63, 3.8) is 0 Å². The quantitative estimate of drug-likeness (QED) is 0.806. The first-order valence-electron chi connectivity index (χ1n) is 9.32. The maximum Gasteiger partial charge on any atom is 0.317 e. The molecule has 1 aromatic rings. The second-order valence-corrected chi connectivity index (χ2v) is 9.16. The van der Waals surface area contributed by atoms with Crippen LogP contribution in [0.25, 0.3) is 0 Å². The van der Waals surface area contributed by atoms with Crippen molar-refractivity contribution in [2.24, 2.45) is 0 Å². The van der Waals surface area contributed by atoms with E-state index in [1.807, 2.05) is 13.8 Å². The number of morpholine rings is 1. The van der Waals surface area contributed by atoms with Crippen LogP contribution in [-0.4, -0.2) is 74.9 Å². The number of hydrogen-bond acceptors (Lipinski definition) is 5. The largest absolute Gasteiger partial charge is 0.347 e. The van der Waals surface area contributed by atoms with Gasteiger partial charge >= 0.3 is 6.03 Å². The van der Waals surface area contributed by atoms with Crippen LogP contribution >= 0.6 is 0 Å². The molecule has 0 aliphatic carbocycles. The topological polar surface area (TPSA) is 88.2 Å². The Bertz CT molecular complexity index is 819. The van der Waals surface area contributed by atoms with Crippen molar-refractivity contribution in [1.29, 1.82) is 0 Å². The fraction of sp³-hybridized carbons (Fsp3) is 0.611. The number of ether oxygens (including phenoxy) is 2. The minimum Gasteiger partial charge on any atom is -0.347 e. The Hall–Kier alpha value is -1.75. The number of nitrogens with zero attached hydrogens (tertiary/aromatic N) is 2. The predicted molar refractivity (Wildman–Crippen MR) is 99.7 cm³/mol. The monoisotopic (exact) mass is 415 g/mol. The molecule has 0 aromatic heterocycles. The van der Waals surface area contributed by atoms with Gasteiger partial charge in [0.05, 0.1) is 26.3 Å². The fourth-order valence-electron chi connectivity index (χ4n) is 3.35. The highest BCUT2D eigenvalue weighted by Crippen LogP contribution is 2.29. The lowest BCUT2D eigenvalue weighted by atomic mass is 10.2. The molecule has 8 nitrogen and oxygen atoms in total. The van der Waals surface area contributed by atoms with E-state index in [2.05, 4.69) is 5.32 Å². The van der Waals surface area contributed by atoms with Gasteiger partial charge in [-0.3, -0.25) is 0 Å². The summed E-state index contributed by atoms with van der Waals surface area (Å²) in [6.45, 7) is 4.68. The standard InChI is InChI=1S/C18H26FN3O5S/c1-14(2)20-17(23)21-8-5-10-26-18(12-21)13-22(9-11-27-18)28(24,25)16-7-4-3-6-15(16)19/h3-4,6-7,14H,5,8-13H2,1-2H3,(H,20,23). The first-order chi connectivity index (χ1) is 13.2. The molecular weight excluding hydrogens is 389 g/mol. The average molecular weight is 415 g/mol. The van der Waals surface area contributed by atoms with Gasteiger partial charge in [-0.2, -0.15) is 4.31 Å². The normalized spacial score (nSPS) is 24.4. The van der Waals surface area contributed by atoms with Crippen molar-refractivity contribution >= 4 is 16.1 Å². The van der Waals surface area contributed by atoms with Crippen LogP contribution in [0, 0.1) is 5.82 Å². The Balaban J connectivity index is 1.82. The molecule has 2 saturated heterocycles. The highest BCUT2D eigenvalue weighted by molar-refractivity contribution is 7.89. The Kier molecular flexibility index (Phi) is 6.23. The Morgan fingerprint density at radius 1 is 1.18 bits per heavy atom. The van der Waals surface area contributed by atoms with E-state index >= 15 is 0 Å². The van der Waals surface area contributed by atoms with E-state index in [0.29, 0.717) is 19.6 Å². The SMILES string of the molecule is CC(C)NC(=O)N1CCCOC2(C1)CN(S(=O)(=O)c1ccccc1F)CCO2. The lowest BCUT2D eigenvalue weighted by Crippen LogP contribution is -2.60. The Morgan fingerprint density at radius 3 is 2.61 bits per heavy atom. The molecule has 0 bridgehead atoms. The van der Waals surface area contributed by atoms with Crippen LogP contribution in [0.1, 0.15) is 20.3 Å². The summed E-state index contributed by atoms with van der Waals surface area (Å²) in [7, 11) is -4.06. The molecule has 2 aliphatic rings. The number of carbonyl (C=O) groups is 1. The molecule has 2 heterocycles. The average Bonchev–Trinajstić information content (AvgIpc) is 2.84. The summed E-state index contributed by atoms with van der Waals surface area (Å²) in [4.78, 5) is 13.7. The molecule has 3 rings (SSSR count). The van der Waals surface area contributed by atoms with E-state index < -0.39 is 21.6 Å². The zero-order valence-electron chi connectivity index (χ0n) is 16.1. The number of amides is 2. The van der Waals surface area contributed by atoms with Crippen LogP contribution in [0.4, 0.5) is 9.18 Å². The van der Waals surface area contributed by atoms with Gasteiger partial charge in [0.25, 0.3) is 0 Å². The highest BCUT2D eigenvalue weighted by Gasteiger charge is 2.45.